The summed E-state index contributed by atoms with van der Waals surface area (Å²) in [5, 5.41) is 3.84. The highest BCUT2D eigenvalue weighted by molar-refractivity contribution is 5.72. The normalized spacial score (nSPS) is 12.6. The van der Waals surface area contributed by atoms with E-state index in [9.17, 15) is 0 Å². The monoisotopic (exact) mass is 231 g/mol. The summed E-state index contributed by atoms with van der Waals surface area (Å²) in [4.78, 5) is 4.30. The van der Waals surface area contributed by atoms with Crippen LogP contribution in [0.1, 0.15) is 26.0 Å². The number of hydrogen-bond donors (Lipinski definition) is 1. The molecule has 2 aromatic rings. The van der Waals surface area contributed by atoms with Crippen molar-refractivity contribution in [3.63, 3.8) is 0 Å². The van der Waals surface area contributed by atoms with Gasteiger partial charge in [-0.1, -0.05) is 31.5 Å². The van der Waals surface area contributed by atoms with E-state index in [0.717, 1.165) is 29.9 Å². The zero-order valence-electron chi connectivity index (χ0n) is 10.2. The summed E-state index contributed by atoms with van der Waals surface area (Å²) in [7, 11) is 0. The lowest BCUT2D eigenvalue weighted by Crippen LogP contribution is -1.99. The van der Waals surface area contributed by atoms with Gasteiger partial charge in [0.15, 0.2) is 5.82 Å². The Balaban J connectivity index is 2.36. The number of pyridine rings is 1. The summed E-state index contributed by atoms with van der Waals surface area (Å²) in [5.41, 5.74) is 7.51. The van der Waals surface area contributed by atoms with E-state index < -0.39 is 0 Å². The Kier molecular flexibility index (Phi) is 3.42. The fourth-order valence-electron chi connectivity index (χ4n) is 1.72. The summed E-state index contributed by atoms with van der Waals surface area (Å²) in [6.07, 6.45) is 3.68. The lowest BCUT2D eigenvalue weighted by atomic mass is 10.00. The molecule has 0 aromatic carbocycles. The first-order valence-corrected chi connectivity index (χ1v) is 5.87. The van der Waals surface area contributed by atoms with Crippen LogP contribution in [0.2, 0.25) is 0 Å². The van der Waals surface area contributed by atoms with E-state index in [4.69, 9.17) is 10.3 Å². The van der Waals surface area contributed by atoms with Crippen molar-refractivity contribution < 1.29 is 4.52 Å². The summed E-state index contributed by atoms with van der Waals surface area (Å²) in [6.45, 7) is 4.34. The molecule has 0 saturated heterocycles. The van der Waals surface area contributed by atoms with Crippen LogP contribution in [0, 0.1) is 5.92 Å². The van der Waals surface area contributed by atoms with Crippen molar-refractivity contribution in [3.8, 4) is 11.3 Å². The molecule has 0 aliphatic rings. The maximum absolute atomic E-state index is 5.85. The van der Waals surface area contributed by atoms with Crippen LogP contribution < -0.4 is 5.73 Å². The molecule has 90 valence electrons. The van der Waals surface area contributed by atoms with E-state index in [1.54, 1.807) is 6.20 Å². The first kappa shape index (κ1) is 11.6. The third-order valence-corrected chi connectivity index (χ3v) is 2.94. The van der Waals surface area contributed by atoms with E-state index in [0.29, 0.717) is 11.7 Å². The van der Waals surface area contributed by atoms with Gasteiger partial charge >= 0.3 is 0 Å². The Bertz CT molecular complexity index is 479. The van der Waals surface area contributed by atoms with Crippen molar-refractivity contribution in [1.29, 1.82) is 0 Å². The van der Waals surface area contributed by atoms with Gasteiger partial charge < -0.3 is 10.3 Å². The van der Waals surface area contributed by atoms with Crippen LogP contribution in [0.15, 0.2) is 28.9 Å². The van der Waals surface area contributed by atoms with Crippen molar-refractivity contribution in [3.05, 3.63) is 30.2 Å². The molecule has 0 aliphatic heterocycles. The van der Waals surface area contributed by atoms with Crippen LogP contribution in [0.4, 0.5) is 5.82 Å². The topological polar surface area (TPSA) is 64.9 Å². The fraction of sp³-hybridized carbons (Fsp3) is 0.385. The SMILES string of the molecule is CCC(C)Cc1onc(N)c1-c1ccccn1. The number of rotatable bonds is 4. The van der Waals surface area contributed by atoms with Crippen LogP contribution >= 0.6 is 0 Å². The van der Waals surface area contributed by atoms with Gasteiger partial charge in [-0.2, -0.15) is 0 Å². The van der Waals surface area contributed by atoms with Crippen LogP contribution in [0.3, 0.4) is 0 Å². The van der Waals surface area contributed by atoms with Gasteiger partial charge in [0.1, 0.15) is 5.76 Å². The summed E-state index contributed by atoms with van der Waals surface area (Å²) in [5.74, 6) is 1.79. The predicted octanol–water partition coefficient (Wildman–Crippen LogP) is 2.91. The van der Waals surface area contributed by atoms with E-state index in [1.165, 1.54) is 0 Å². The third-order valence-electron chi connectivity index (χ3n) is 2.94. The van der Waals surface area contributed by atoms with Crippen molar-refractivity contribution in [2.24, 2.45) is 5.92 Å². The van der Waals surface area contributed by atoms with Crippen LogP contribution in [0.25, 0.3) is 11.3 Å². The third kappa shape index (κ3) is 2.46. The molecule has 0 bridgehead atoms. The Morgan fingerprint density at radius 3 is 2.88 bits per heavy atom. The molecular formula is C13H17N3O. The summed E-state index contributed by atoms with van der Waals surface area (Å²) < 4.78 is 5.31. The molecule has 0 aliphatic carbocycles. The molecule has 0 saturated carbocycles. The van der Waals surface area contributed by atoms with Gasteiger partial charge in [-0.05, 0) is 18.1 Å². The molecule has 0 amide bonds. The molecule has 2 rings (SSSR count). The predicted molar refractivity (Wildman–Crippen MR) is 67.3 cm³/mol. The maximum Gasteiger partial charge on any atom is 0.176 e. The maximum atomic E-state index is 5.85. The van der Waals surface area contributed by atoms with E-state index in [-0.39, 0.29) is 0 Å². The molecule has 4 nitrogen and oxygen atoms in total. The van der Waals surface area contributed by atoms with Crippen molar-refractivity contribution in [1.82, 2.24) is 10.1 Å². The standard InChI is InChI=1S/C13H17N3O/c1-3-9(2)8-11-12(13(14)16-17-11)10-6-4-5-7-15-10/h4-7,9H,3,8H2,1-2H3,(H2,14,16). The average Bonchev–Trinajstić information content (AvgIpc) is 2.71. The first-order valence-electron chi connectivity index (χ1n) is 5.87. The molecule has 0 radical (unpaired) electrons. The Morgan fingerprint density at radius 1 is 1.41 bits per heavy atom. The minimum absolute atomic E-state index is 0.419. The van der Waals surface area contributed by atoms with Crippen molar-refractivity contribution >= 4 is 5.82 Å². The number of nitrogens with two attached hydrogens (primary N) is 1. The smallest absolute Gasteiger partial charge is 0.176 e. The van der Waals surface area contributed by atoms with Gasteiger partial charge in [0.25, 0.3) is 0 Å². The highest BCUT2D eigenvalue weighted by Gasteiger charge is 2.18. The molecule has 2 heterocycles. The molecule has 1 unspecified atom stereocenters. The minimum atomic E-state index is 0.419. The zero-order chi connectivity index (χ0) is 12.3. The number of aromatic nitrogens is 2. The number of anilines is 1. The van der Waals surface area contributed by atoms with Gasteiger partial charge in [-0.3, -0.25) is 4.98 Å². The summed E-state index contributed by atoms with van der Waals surface area (Å²) >= 11 is 0. The second kappa shape index (κ2) is 4.99. The molecule has 0 spiro atoms. The van der Waals surface area contributed by atoms with Crippen LogP contribution in [-0.4, -0.2) is 10.1 Å². The minimum Gasteiger partial charge on any atom is -0.380 e. The van der Waals surface area contributed by atoms with Crippen molar-refractivity contribution in [2.75, 3.05) is 5.73 Å². The average molecular weight is 231 g/mol. The van der Waals surface area contributed by atoms with Gasteiger partial charge in [0.2, 0.25) is 0 Å². The first-order chi connectivity index (χ1) is 8.22. The molecule has 2 aromatic heterocycles. The molecule has 17 heavy (non-hydrogen) atoms. The van der Waals surface area contributed by atoms with E-state index in [1.807, 2.05) is 18.2 Å². The van der Waals surface area contributed by atoms with Gasteiger partial charge in [0.05, 0.1) is 11.3 Å². The largest absolute Gasteiger partial charge is 0.380 e. The van der Waals surface area contributed by atoms with Crippen LogP contribution in [-0.2, 0) is 6.42 Å². The van der Waals surface area contributed by atoms with Crippen LogP contribution in [0.5, 0.6) is 0 Å². The second-order valence-corrected chi connectivity index (χ2v) is 4.30. The Labute approximate surface area is 101 Å². The van der Waals surface area contributed by atoms with Gasteiger partial charge in [-0.25, -0.2) is 0 Å². The Morgan fingerprint density at radius 2 is 2.24 bits per heavy atom. The van der Waals surface area contributed by atoms with Gasteiger partial charge in [0, 0.05) is 12.6 Å². The lowest BCUT2D eigenvalue weighted by molar-refractivity contribution is 0.364. The lowest BCUT2D eigenvalue weighted by Gasteiger charge is -2.06. The molecule has 4 heteroatoms. The van der Waals surface area contributed by atoms with Crippen molar-refractivity contribution in [2.45, 2.75) is 26.7 Å². The second-order valence-electron chi connectivity index (χ2n) is 4.30. The number of hydrogen-bond acceptors (Lipinski definition) is 4. The Hall–Kier alpha value is -1.84. The molecule has 0 fully saturated rings. The quantitative estimate of drug-likeness (QED) is 0.878. The van der Waals surface area contributed by atoms with E-state index in [2.05, 4.69) is 24.0 Å². The highest BCUT2D eigenvalue weighted by atomic mass is 16.5. The molecular weight excluding hydrogens is 214 g/mol. The fourth-order valence-corrected chi connectivity index (χ4v) is 1.72. The van der Waals surface area contributed by atoms with Gasteiger partial charge in [-0.15, -0.1) is 0 Å². The number of nitrogens with zero attached hydrogens (tertiary/aromatic N) is 2. The highest BCUT2D eigenvalue weighted by Crippen LogP contribution is 2.29. The molecule has 1 atom stereocenters. The number of nitrogen functional groups attached to an aromatic ring is 1. The zero-order valence-corrected chi connectivity index (χ0v) is 10.2. The van der Waals surface area contributed by atoms with E-state index >= 15 is 0 Å². The molecule has 2 N–H and O–H groups in total. The summed E-state index contributed by atoms with van der Waals surface area (Å²) in [6, 6.07) is 5.73.